The zero-order valence-electron chi connectivity index (χ0n) is 17.2. The number of aliphatic imine (C=N–C) groups is 1. The highest BCUT2D eigenvalue weighted by molar-refractivity contribution is 5.84. The fourth-order valence-corrected chi connectivity index (χ4v) is 4.56. The van der Waals surface area contributed by atoms with Crippen molar-refractivity contribution in [1.82, 2.24) is 20.5 Å². The highest BCUT2D eigenvalue weighted by atomic mass is 16.2. The Kier molecular flexibility index (Phi) is 6.27. The van der Waals surface area contributed by atoms with Crippen LogP contribution >= 0.6 is 0 Å². The summed E-state index contributed by atoms with van der Waals surface area (Å²) in [5.41, 5.74) is 2.16. The number of amides is 1. The Bertz CT molecular complexity index is 869. The lowest BCUT2D eigenvalue weighted by Crippen LogP contribution is -2.45. The summed E-state index contributed by atoms with van der Waals surface area (Å²) in [5, 5.41) is 8.05. The van der Waals surface area contributed by atoms with Crippen molar-refractivity contribution in [3.05, 3.63) is 42.1 Å². The van der Waals surface area contributed by atoms with Gasteiger partial charge in [-0.3, -0.25) is 14.8 Å². The molecule has 154 valence electrons. The van der Waals surface area contributed by atoms with Crippen LogP contribution in [-0.2, 0) is 11.3 Å². The van der Waals surface area contributed by atoms with Crippen molar-refractivity contribution in [3.8, 4) is 0 Å². The second-order valence-corrected chi connectivity index (χ2v) is 8.17. The molecule has 0 spiro atoms. The first-order valence-electron chi connectivity index (χ1n) is 10.8. The minimum atomic E-state index is 0.249. The van der Waals surface area contributed by atoms with Gasteiger partial charge < -0.3 is 15.5 Å². The molecule has 29 heavy (non-hydrogen) atoms. The molecule has 0 radical (unpaired) electrons. The third-order valence-corrected chi connectivity index (χ3v) is 6.18. The number of rotatable bonds is 4. The molecular weight excluding hydrogens is 362 g/mol. The molecule has 1 amide bonds. The van der Waals surface area contributed by atoms with Gasteiger partial charge in [-0.25, -0.2) is 0 Å². The topological polar surface area (TPSA) is 69.6 Å². The van der Waals surface area contributed by atoms with Gasteiger partial charge in [0.05, 0.1) is 5.52 Å². The van der Waals surface area contributed by atoms with E-state index in [1.807, 2.05) is 12.3 Å². The van der Waals surface area contributed by atoms with E-state index in [-0.39, 0.29) is 12.0 Å². The first-order valence-corrected chi connectivity index (χ1v) is 10.8. The maximum Gasteiger partial charge on any atom is 0.225 e. The molecule has 2 aromatic rings. The average molecular weight is 394 g/mol. The molecule has 1 saturated carbocycles. The average Bonchev–Trinajstić information content (AvgIpc) is 3.25. The Balaban J connectivity index is 1.31. The van der Waals surface area contributed by atoms with Gasteiger partial charge in [0.1, 0.15) is 0 Å². The summed E-state index contributed by atoms with van der Waals surface area (Å²) in [5.74, 6) is 1.38. The molecule has 2 fully saturated rings. The molecule has 1 saturated heterocycles. The van der Waals surface area contributed by atoms with Crippen LogP contribution in [-0.4, -0.2) is 47.9 Å². The molecule has 1 aliphatic heterocycles. The molecule has 6 heteroatoms. The Morgan fingerprint density at radius 2 is 2.00 bits per heavy atom. The smallest absolute Gasteiger partial charge is 0.225 e. The van der Waals surface area contributed by atoms with E-state index < -0.39 is 0 Å². The first-order chi connectivity index (χ1) is 14.2. The Labute approximate surface area is 172 Å². The van der Waals surface area contributed by atoms with E-state index in [2.05, 4.69) is 49.8 Å². The maximum atomic E-state index is 12.8. The number of nitrogens with one attached hydrogen (secondary N) is 2. The molecule has 1 aromatic carbocycles. The van der Waals surface area contributed by atoms with E-state index in [9.17, 15) is 4.79 Å². The SMILES string of the molecule is CN=C(NCc1cccc2cccnc12)NC1CCN(C(=O)C2CCCCC2)C1. The monoisotopic (exact) mass is 393 g/mol. The van der Waals surface area contributed by atoms with Gasteiger partial charge in [-0.2, -0.15) is 0 Å². The molecule has 2 aliphatic rings. The lowest BCUT2D eigenvalue weighted by Gasteiger charge is -2.26. The van der Waals surface area contributed by atoms with Gasteiger partial charge >= 0.3 is 0 Å². The summed E-state index contributed by atoms with van der Waals surface area (Å²) in [6.07, 6.45) is 8.61. The van der Waals surface area contributed by atoms with Crippen LogP contribution in [0.4, 0.5) is 0 Å². The van der Waals surface area contributed by atoms with Crippen LogP contribution in [0.25, 0.3) is 10.9 Å². The highest BCUT2D eigenvalue weighted by Crippen LogP contribution is 2.26. The van der Waals surface area contributed by atoms with E-state index in [4.69, 9.17) is 0 Å². The summed E-state index contributed by atoms with van der Waals surface area (Å²) in [6.45, 7) is 2.27. The molecule has 1 aromatic heterocycles. The minimum absolute atomic E-state index is 0.249. The second-order valence-electron chi connectivity index (χ2n) is 8.17. The number of aromatic nitrogens is 1. The van der Waals surface area contributed by atoms with Crippen LogP contribution in [0.15, 0.2) is 41.5 Å². The maximum absolute atomic E-state index is 12.8. The summed E-state index contributed by atoms with van der Waals surface area (Å²) in [6, 6.07) is 10.5. The highest BCUT2D eigenvalue weighted by Gasteiger charge is 2.31. The fourth-order valence-electron chi connectivity index (χ4n) is 4.56. The van der Waals surface area contributed by atoms with Gasteiger partial charge in [-0.1, -0.05) is 43.5 Å². The fraction of sp³-hybridized carbons (Fsp3) is 0.522. The van der Waals surface area contributed by atoms with E-state index >= 15 is 0 Å². The van der Waals surface area contributed by atoms with Crippen molar-refractivity contribution in [3.63, 3.8) is 0 Å². The molecule has 2 heterocycles. The van der Waals surface area contributed by atoms with E-state index in [0.717, 1.165) is 54.8 Å². The van der Waals surface area contributed by atoms with Crippen molar-refractivity contribution in [1.29, 1.82) is 0 Å². The third-order valence-electron chi connectivity index (χ3n) is 6.18. The standard InChI is InChI=1S/C23H31N5O/c1-24-23(26-15-19-10-5-9-17-11-6-13-25-21(17)19)27-20-12-14-28(16-20)22(29)18-7-3-2-4-8-18/h5-6,9-11,13,18,20H,2-4,7-8,12,14-16H2,1H3,(H2,24,26,27). The molecule has 2 N–H and O–H groups in total. The summed E-state index contributed by atoms with van der Waals surface area (Å²) < 4.78 is 0. The number of hydrogen-bond donors (Lipinski definition) is 2. The third kappa shape index (κ3) is 4.69. The predicted octanol–water partition coefficient (Wildman–Crippen LogP) is 3.08. The summed E-state index contributed by atoms with van der Waals surface area (Å²) in [4.78, 5) is 23.7. The van der Waals surface area contributed by atoms with E-state index in [0.29, 0.717) is 12.5 Å². The van der Waals surface area contributed by atoms with Crippen molar-refractivity contribution < 1.29 is 4.79 Å². The zero-order chi connectivity index (χ0) is 20.1. The van der Waals surface area contributed by atoms with Crippen molar-refractivity contribution >= 4 is 22.8 Å². The van der Waals surface area contributed by atoms with Gasteiger partial charge in [0.2, 0.25) is 5.91 Å². The molecule has 6 nitrogen and oxygen atoms in total. The molecule has 1 atom stereocenters. The number of carbonyl (C=O) groups excluding carboxylic acids is 1. The number of nitrogens with zero attached hydrogens (tertiary/aromatic N) is 3. The van der Waals surface area contributed by atoms with Crippen molar-refractivity contribution in [2.45, 2.75) is 51.1 Å². The Hall–Kier alpha value is -2.63. The largest absolute Gasteiger partial charge is 0.352 e. The quantitative estimate of drug-likeness (QED) is 0.619. The predicted molar refractivity (Wildman–Crippen MR) is 117 cm³/mol. The molecular formula is C23H31N5O. The van der Waals surface area contributed by atoms with Gasteiger partial charge in [-0.05, 0) is 30.9 Å². The van der Waals surface area contributed by atoms with Gasteiger partial charge in [-0.15, -0.1) is 0 Å². The van der Waals surface area contributed by atoms with Crippen molar-refractivity contribution in [2.24, 2.45) is 10.9 Å². The Morgan fingerprint density at radius 1 is 1.17 bits per heavy atom. The van der Waals surface area contributed by atoms with Gasteiger partial charge in [0.25, 0.3) is 0 Å². The van der Waals surface area contributed by atoms with Crippen molar-refractivity contribution in [2.75, 3.05) is 20.1 Å². The number of para-hydroxylation sites is 1. The van der Waals surface area contributed by atoms with Crippen LogP contribution in [0.1, 0.15) is 44.1 Å². The van der Waals surface area contributed by atoms with E-state index in [1.54, 1.807) is 7.05 Å². The summed E-state index contributed by atoms with van der Waals surface area (Å²) >= 11 is 0. The molecule has 0 bridgehead atoms. The molecule has 1 unspecified atom stereocenters. The van der Waals surface area contributed by atoms with Crippen LogP contribution in [0.5, 0.6) is 0 Å². The number of carbonyl (C=O) groups is 1. The number of benzene rings is 1. The van der Waals surface area contributed by atoms with Crippen LogP contribution in [0.2, 0.25) is 0 Å². The lowest BCUT2D eigenvalue weighted by molar-refractivity contribution is -0.135. The van der Waals surface area contributed by atoms with E-state index in [1.165, 1.54) is 19.3 Å². The molecule has 4 rings (SSSR count). The van der Waals surface area contributed by atoms with Crippen LogP contribution in [0, 0.1) is 5.92 Å². The molecule has 1 aliphatic carbocycles. The zero-order valence-corrected chi connectivity index (χ0v) is 17.2. The number of fused-ring (bicyclic) bond motifs is 1. The van der Waals surface area contributed by atoms with Gasteiger partial charge in [0, 0.05) is 50.2 Å². The lowest BCUT2D eigenvalue weighted by atomic mass is 9.88. The number of hydrogen-bond acceptors (Lipinski definition) is 3. The Morgan fingerprint density at radius 3 is 2.83 bits per heavy atom. The summed E-state index contributed by atoms with van der Waals surface area (Å²) in [7, 11) is 1.79. The first kappa shape index (κ1) is 19.7. The second kappa shape index (κ2) is 9.25. The minimum Gasteiger partial charge on any atom is -0.352 e. The number of pyridine rings is 1. The van der Waals surface area contributed by atoms with Gasteiger partial charge in [0.15, 0.2) is 5.96 Å². The normalized spacial score (nSPS) is 20.8. The number of likely N-dealkylation sites (tertiary alicyclic amines) is 1. The number of guanidine groups is 1. The van der Waals surface area contributed by atoms with Crippen LogP contribution in [0.3, 0.4) is 0 Å². The van der Waals surface area contributed by atoms with Crippen LogP contribution < -0.4 is 10.6 Å².